The van der Waals surface area contributed by atoms with Crippen LogP contribution in [0.1, 0.15) is 50.4 Å². The SMILES string of the molecule is C#CC#CC#Cc1ccc(-c2ccc(C(=O)c3cc(CCCc4ccccc4)c(O)c(O)c3O)cc2)cc1.[HH].[HH].[HH].[HH].[HH].[HH].[HH].[HH]. The molecule has 0 unspecified atom stereocenters. The highest BCUT2D eigenvalue weighted by molar-refractivity contribution is 6.11. The Morgan fingerprint density at radius 1 is 0.737 bits per heavy atom. The third-order valence-electron chi connectivity index (χ3n) is 6.09. The fourth-order valence-corrected chi connectivity index (χ4v) is 4.08. The maximum Gasteiger partial charge on any atom is 0.201 e. The van der Waals surface area contributed by atoms with Crippen molar-refractivity contribution >= 4 is 5.78 Å². The number of benzene rings is 4. The van der Waals surface area contributed by atoms with Gasteiger partial charge in [-0.05, 0) is 83.4 Å². The van der Waals surface area contributed by atoms with Crippen LogP contribution >= 0.6 is 0 Å². The first-order chi connectivity index (χ1) is 18.5. The van der Waals surface area contributed by atoms with Gasteiger partial charge in [-0.15, -0.1) is 6.42 Å². The van der Waals surface area contributed by atoms with Crippen molar-refractivity contribution in [2.24, 2.45) is 0 Å². The Balaban J connectivity index is -0.000000700. The lowest BCUT2D eigenvalue weighted by atomic mass is 9.95. The third-order valence-corrected chi connectivity index (χ3v) is 6.09. The smallest absolute Gasteiger partial charge is 0.201 e. The van der Waals surface area contributed by atoms with Gasteiger partial charge < -0.3 is 15.3 Å². The summed E-state index contributed by atoms with van der Waals surface area (Å²) in [5, 5.41) is 31.1. The average molecular weight is 513 g/mol. The zero-order chi connectivity index (χ0) is 26.9. The van der Waals surface area contributed by atoms with E-state index in [-0.39, 0.29) is 17.0 Å². The Labute approximate surface area is 234 Å². The van der Waals surface area contributed by atoms with Crippen molar-refractivity contribution in [3.05, 3.63) is 113 Å². The Morgan fingerprint density at radius 2 is 1.39 bits per heavy atom. The third kappa shape index (κ3) is 6.06. The van der Waals surface area contributed by atoms with Crippen molar-refractivity contribution in [3.8, 4) is 64.4 Å². The number of terminal acetylenes is 1. The van der Waals surface area contributed by atoms with Crippen molar-refractivity contribution in [1.82, 2.24) is 0 Å². The van der Waals surface area contributed by atoms with E-state index >= 15 is 0 Å². The van der Waals surface area contributed by atoms with Crippen molar-refractivity contribution in [2.45, 2.75) is 19.3 Å². The minimum Gasteiger partial charge on any atom is -0.504 e. The predicted molar refractivity (Wildman–Crippen MR) is 166 cm³/mol. The van der Waals surface area contributed by atoms with Crippen LogP contribution in [0.5, 0.6) is 17.2 Å². The molecule has 4 rings (SSSR count). The van der Waals surface area contributed by atoms with Crippen molar-refractivity contribution in [3.63, 3.8) is 0 Å². The molecule has 38 heavy (non-hydrogen) atoms. The molecule has 0 saturated carbocycles. The number of ketones is 1. The summed E-state index contributed by atoms with van der Waals surface area (Å²) in [6.07, 6.45) is 6.99. The Hall–Kier alpha value is -5.37. The number of aromatic hydroxyl groups is 3. The van der Waals surface area contributed by atoms with Crippen LogP contribution in [0.3, 0.4) is 0 Å². The molecular weight excluding hydrogens is 472 g/mol. The highest BCUT2D eigenvalue weighted by atomic mass is 16.3. The topological polar surface area (TPSA) is 77.8 Å². The molecule has 0 saturated heterocycles. The van der Waals surface area contributed by atoms with Gasteiger partial charge in [-0.3, -0.25) is 4.79 Å². The molecule has 0 spiro atoms. The van der Waals surface area contributed by atoms with Crippen molar-refractivity contribution in [1.29, 1.82) is 0 Å². The van der Waals surface area contributed by atoms with Crippen LogP contribution in [0.15, 0.2) is 84.9 Å². The second-order valence-corrected chi connectivity index (χ2v) is 8.60. The van der Waals surface area contributed by atoms with Crippen LogP contribution in [0.2, 0.25) is 0 Å². The monoisotopic (exact) mass is 512 g/mol. The molecule has 4 aromatic rings. The molecule has 4 nitrogen and oxygen atoms in total. The van der Waals surface area contributed by atoms with E-state index in [4.69, 9.17) is 6.42 Å². The van der Waals surface area contributed by atoms with E-state index in [1.165, 1.54) is 6.07 Å². The van der Waals surface area contributed by atoms with Gasteiger partial charge in [0.25, 0.3) is 0 Å². The standard InChI is InChI=1S/C34H24O4.8H2/c1-2-3-4-6-12-25-15-17-26(18-16-25)27-19-21-28(22-20-27)31(35)30-23-29(32(36)34(38)33(30)37)14-9-13-24-10-7-5-8-11-24;;;;;;;;/h1,5,7-8,10-11,15-23,36-38H,9,13-14H2;8*1H. The predicted octanol–water partition coefficient (Wildman–Crippen LogP) is 7.83. The number of hydrogen-bond acceptors (Lipinski definition) is 4. The summed E-state index contributed by atoms with van der Waals surface area (Å²) in [6, 6.07) is 25.9. The Bertz CT molecular complexity index is 1650. The average Bonchev–Trinajstić information content (AvgIpc) is 2.96. The number of phenolic OH excluding ortho intramolecular Hbond substituents is 3. The molecule has 0 bridgehead atoms. The minimum atomic E-state index is -0.685. The first-order valence-corrected chi connectivity index (χ1v) is 12.0. The molecule has 0 fully saturated rings. The van der Waals surface area contributed by atoms with Gasteiger partial charge in [-0.1, -0.05) is 72.7 Å². The number of phenols is 3. The van der Waals surface area contributed by atoms with Gasteiger partial charge in [0.05, 0.1) is 5.56 Å². The van der Waals surface area contributed by atoms with Crippen molar-refractivity contribution < 1.29 is 31.5 Å². The Morgan fingerprint density at radius 3 is 2.05 bits per heavy atom. The van der Waals surface area contributed by atoms with Crippen LogP contribution in [0.25, 0.3) is 11.1 Å². The normalized spacial score (nSPS) is 9.87. The molecular formula is C34H40O4. The fourth-order valence-electron chi connectivity index (χ4n) is 4.08. The van der Waals surface area contributed by atoms with Crippen LogP contribution in [0, 0.1) is 36.0 Å². The zero-order valence-corrected chi connectivity index (χ0v) is 20.5. The van der Waals surface area contributed by atoms with E-state index in [1.54, 1.807) is 12.1 Å². The maximum atomic E-state index is 13.2. The van der Waals surface area contributed by atoms with E-state index in [0.717, 1.165) is 28.7 Å². The molecule has 200 valence electrons. The molecule has 0 aliphatic rings. The number of hydrogen-bond donors (Lipinski definition) is 3. The van der Waals surface area contributed by atoms with E-state index in [2.05, 4.69) is 29.6 Å². The van der Waals surface area contributed by atoms with Gasteiger partial charge in [0.1, 0.15) is 0 Å². The van der Waals surface area contributed by atoms with Crippen LogP contribution in [0.4, 0.5) is 0 Å². The summed E-state index contributed by atoms with van der Waals surface area (Å²) >= 11 is 0. The maximum absolute atomic E-state index is 13.2. The van der Waals surface area contributed by atoms with E-state index in [0.29, 0.717) is 24.0 Å². The fraction of sp³-hybridized carbons (Fsp3) is 0.0882. The van der Waals surface area contributed by atoms with Gasteiger partial charge in [0.15, 0.2) is 17.3 Å². The van der Waals surface area contributed by atoms with Gasteiger partial charge in [-0.25, -0.2) is 0 Å². The van der Waals surface area contributed by atoms with Gasteiger partial charge in [0.2, 0.25) is 5.75 Å². The summed E-state index contributed by atoms with van der Waals surface area (Å²) < 4.78 is 0. The minimum absolute atomic E-state index is 0. The molecule has 0 radical (unpaired) electrons. The zero-order valence-electron chi connectivity index (χ0n) is 20.5. The molecule has 0 aliphatic heterocycles. The van der Waals surface area contributed by atoms with E-state index in [1.807, 2.05) is 66.7 Å². The molecule has 4 aromatic carbocycles. The lowest BCUT2D eigenvalue weighted by Gasteiger charge is -2.12. The summed E-state index contributed by atoms with van der Waals surface area (Å²) in [7, 11) is 0. The first-order valence-electron chi connectivity index (χ1n) is 12.0. The van der Waals surface area contributed by atoms with Crippen molar-refractivity contribution in [2.75, 3.05) is 0 Å². The summed E-state index contributed by atoms with van der Waals surface area (Å²) in [4.78, 5) is 13.2. The molecule has 0 atom stereocenters. The highest BCUT2D eigenvalue weighted by Gasteiger charge is 2.22. The highest BCUT2D eigenvalue weighted by Crippen LogP contribution is 2.41. The largest absolute Gasteiger partial charge is 0.504 e. The molecule has 0 heterocycles. The van der Waals surface area contributed by atoms with Gasteiger partial charge in [0, 0.05) is 22.5 Å². The van der Waals surface area contributed by atoms with Crippen LogP contribution in [-0.2, 0) is 12.8 Å². The number of rotatable bonds is 7. The van der Waals surface area contributed by atoms with Gasteiger partial charge in [-0.2, -0.15) is 0 Å². The lowest BCUT2D eigenvalue weighted by molar-refractivity contribution is 0.103. The second kappa shape index (κ2) is 12.0. The molecule has 3 N–H and O–H groups in total. The summed E-state index contributed by atoms with van der Waals surface area (Å²) in [5.41, 5.74) is 4.49. The molecule has 0 aliphatic carbocycles. The number of carbonyl (C=O) groups is 1. The molecule has 0 aromatic heterocycles. The van der Waals surface area contributed by atoms with E-state index in [9.17, 15) is 20.1 Å². The first kappa shape index (κ1) is 25.7. The summed E-state index contributed by atoms with van der Waals surface area (Å²) in [5.74, 6) is 10.6. The van der Waals surface area contributed by atoms with E-state index < -0.39 is 23.0 Å². The lowest BCUT2D eigenvalue weighted by Crippen LogP contribution is -2.04. The second-order valence-electron chi connectivity index (χ2n) is 8.60. The van der Waals surface area contributed by atoms with Crippen LogP contribution in [-0.4, -0.2) is 21.1 Å². The summed E-state index contributed by atoms with van der Waals surface area (Å²) in [6.45, 7) is 0. The Kier molecular flexibility index (Phi) is 8.15. The van der Waals surface area contributed by atoms with Crippen LogP contribution < -0.4 is 0 Å². The van der Waals surface area contributed by atoms with Gasteiger partial charge >= 0.3 is 0 Å². The molecule has 0 amide bonds. The molecule has 4 heteroatoms. The number of aryl methyl sites for hydroxylation is 2. The quantitative estimate of drug-likeness (QED) is 0.134. The number of carbonyl (C=O) groups excluding carboxylic acids is 1.